The predicted octanol–water partition coefficient (Wildman–Crippen LogP) is 16.5. The number of nitriles is 1. The van der Waals surface area contributed by atoms with Gasteiger partial charge >= 0.3 is 0 Å². The van der Waals surface area contributed by atoms with E-state index in [0.29, 0.717) is 129 Å². The van der Waals surface area contributed by atoms with Gasteiger partial charge in [0.1, 0.15) is 0 Å². The highest BCUT2D eigenvalue weighted by molar-refractivity contribution is 6.45. The Balaban J connectivity index is 0.000000169. The van der Waals surface area contributed by atoms with Crippen molar-refractivity contribution in [1.82, 2.24) is 19.6 Å². The number of aryl methyl sites for hydroxylation is 1. The quantitative estimate of drug-likeness (QED) is 0.0497. The van der Waals surface area contributed by atoms with Crippen LogP contribution in [-0.4, -0.2) is 91.0 Å². The van der Waals surface area contributed by atoms with Crippen molar-refractivity contribution in [3.05, 3.63) is 151 Å². The molecule has 0 bridgehead atoms. The van der Waals surface area contributed by atoms with Crippen molar-refractivity contribution in [1.29, 1.82) is 5.26 Å². The van der Waals surface area contributed by atoms with Crippen LogP contribution in [0.2, 0.25) is 0 Å². The number of hydrogen-bond donors (Lipinski definition) is 0. The Morgan fingerprint density at radius 2 is 0.636 bits per heavy atom. The van der Waals surface area contributed by atoms with E-state index in [1.54, 1.807) is 54.6 Å². The second-order valence-electron chi connectivity index (χ2n) is 24.0. The van der Waals surface area contributed by atoms with E-state index < -0.39 is 11.8 Å². The standard InChI is InChI=1S/C36H28N4O4.C36H31N3O4.CH4/c1-6-8-17(3)39-33(41)22-13-11-21-30-26(38-5)15-25-29-23(34(42)40(36(25)44)18(4)9-7-2)12-10-20(32(29)30)27-19(16-37)14-24(35(39)43)28(22)31(21)27;1-7-9-18(4)38-33(40)22-14-12-21-30-26(37-6)16-25-29-23(34(41)39(36(25)43)19(5)10-8-2)13-11-20(32(29)30)27-17(3)15-24(35(38)42)28(22)31(21)27;/h10-15,17-18H,6-9H2,1-4H3;11-16,18-19H,7-10H2,1-5H3;1H4/t17-,18-;18-,19-;/m10./s1. The lowest BCUT2D eigenvalue weighted by atomic mass is 9.80. The molecule has 4 heterocycles. The smallest absolute Gasteiger partial charge is 0.261 e. The van der Waals surface area contributed by atoms with Gasteiger partial charge in [0.2, 0.25) is 0 Å². The van der Waals surface area contributed by atoms with Crippen LogP contribution in [0.1, 0.15) is 208 Å². The van der Waals surface area contributed by atoms with Crippen LogP contribution in [0.4, 0.5) is 11.4 Å². The van der Waals surface area contributed by atoms with Gasteiger partial charge in [0.05, 0.1) is 30.3 Å². The Morgan fingerprint density at radius 1 is 0.375 bits per heavy atom. The molecular weight excluding hydrogens is 1100 g/mol. The molecule has 15 heteroatoms. The zero-order valence-corrected chi connectivity index (χ0v) is 49.8. The molecule has 0 radical (unpaired) electrons. The average Bonchev–Trinajstić information content (AvgIpc) is 0.706. The van der Waals surface area contributed by atoms with E-state index in [9.17, 15) is 43.6 Å². The maximum absolute atomic E-state index is 13.9. The van der Waals surface area contributed by atoms with Crippen LogP contribution in [0.25, 0.3) is 95.9 Å². The largest absolute Gasteiger partial charge is 0.272 e. The number of nitrogens with zero attached hydrogens (tertiary/aromatic N) is 7. The van der Waals surface area contributed by atoms with E-state index in [1.165, 1.54) is 19.6 Å². The molecule has 88 heavy (non-hydrogen) atoms. The van der Waals surface area contributed by atoms with Gasteiger partial charge in [-0.2, -0.15) is 5.26 Å². The van der Waals surface area contributed by atoms with Crippen LogP contribution in [0.15, 0.2) is 72.8 Å². The third kappa shape index (κ3) is 7.63. The van der Waals surface area contributed by atoms with E-state index in [1.807, 2.05) is 80.5 Å². The molecule has 0 saturated heterocycles. The summed E-state index contributed by atoms with van der Waals surface area (Å²) in [4.78, 5) is 124. The molecule has 4 aliphatic rings. The highest BCUT2D eigenvalue weighted by atomic mass is 16.2. The number of carbonyl (C=O) groups is 8. The molecule has 10 aromatic carbocycles. The van der Waals surface area contributed by atoms with Crippen molar-refractivity contribution >= 4 is 145 Å². The van der Waals surface area contributed by atoms with Gasteiger partial charge in [0, 0.05) is 90.0 Å². The third-order valence-corrected chi connectivity index (χ3v) is 18.9. The second kappa shape index (κ2) is 21.1. The first kappa shape index (κ1) is 58.2. The first-order chi connectivity index (χ1) is 41.8. The minimum Gasteiger partial charge on any atom is -0.272 e. The molecule has 10 aromatic rings. The molecule has 15 nitrogen and oxygen atoms in total. The third-order valence-electron chi connectivity index (χ3n) is 18.9. The lowest BCUT2D eigenvalue weighted by Crippen LogP contribution is -2.46. The SMILES string of the molecule is C.[C-]#[N+]c1cc2c3c(ccc4c5c(C#N)cc6c7c(ccc(c1c34)c75)C(=O)N([C@H](C)CCC)C6=O)C(=O)N([C@H](C)CCC)C2=O.[C-]#[N+]c1cc2c3c(ccc4c5c(C)cc6c7c(ccc(c1c34)c75)C(=O)N([C@@H](C)CCC)C6=O)C(=O)N([C@@H](C)CCC)C2=O. The topological polar surface area (TPSA) is 182 Å². The zero-order chi connectivity index (χ0) is 61.7. The van der Waals surface area contributed by atoms with Crippen molar-refractivity contribution in [3.63, 3.8) is 0 Å². The van der Waals surface area contributed by atoms with Crippen LogP contribution in [0.5, 0.6) is 0 Å². The summed E-state index contributed by atoms with van der Waals surface area (Å²) in [5.74, 6) is -2.96. The Labute approximate surface area is 508 Å². The fraction of sp³-hybridized carbons (Fsp3) is 0.301. The van der Waals surface area contributed by atoms with Crippen LogP contribution in [0.3, 0.4) is 0 Å². The summed E-state index contributed by atoms with van der Waals surface area (Å²) >= 11 is 0. The molecule has 0 saturated carbocycles. The Morgan fingerprint density at radius 3 is 0.943 bits per heavy atom. The summed E-state index contributed by atoms with van der Waals surface area (Å²) in [6.45, 7) is 33.8. The highest BCUT2D eigenvalue weighted by Gasteiger charge is 2.43. The minimum absolute atomic E-state index is 0. The summed E-state index contributed by atoms with van der Waals surface area (Å²) < 4.78 is 0. The molecule has 4 aliphatic heterocycles. The summed E-state index contributed by atoms with van der Waals surface area (Å²) in [5, 5.41) is 20.4. The van der Waals surface area contributed by atoms with Crippen LogP contribution >= 0.6 is 0 Å². The van der Waals surface area contributed by atoms with E-state index in [-0.39, 0.29) is 89.4 Å². The average molecular weight is 1170 g/mol. The number of amides is 8. The molecule has 8 amide bonds. The predicted molar refractivity (Wildman–Crippen MR) is 343 cm³/mol. The Kier molecular flexibility index (Phi) is 13.9. The molecule has 0 unspecified atom stereocenters. The highest BCUT2D eigenvalue weighted by Crippen LogP contribution is 2.53. The number of carbonyl (C=O) groups excluding carboxylic acids is 8. The van der Waals surface area contributed by atoms with Gasteiger partial charge in [-0.05, 0) is 174 Å². The van der Waals surface area contributed by atoms with Gasteiger partial charge in [0.15, 0.2) is 11.4 Å². The van der Waals surface area contributed by atoms with Gasteiger partial charge in [-0.1, -0.05) is 85.1 Å². The van der Waals surface area contributed by atoms with Crippen molar-refractivity contribution in [2.45, 2.75) is 145 Å². The summed E-state index contributed by atoms with van der Waals surface area (Å²) in [5.41, 5.74) is 4.73. The minimum atomic E-state index is -0.442. The normalized spacial score (nSPS) is 15.9. The first-order valence-corrected chi connectivity index (χ1v) is 30.0. The van der Waals surface area contributed by atoms with Crippen molar-refractivity contribution in [2.24, 2.45) is 0 Å². The Hall–Kier alpha value is -10.2. The molecular formula is C73H63N7O8. The van der Waals surface area contributed by atoms with Crippen LogP contribution < -0.4 is 0 Å². The number of rotatable bonds is 12. The lowest BCUT2D eigenvalue weighted by molar-refractivity contribution is 0.0528. The fourth-order valence-electron chi connectivity index (χ4n) is 15.2. The van der Waals surface area contributed by atoms with Gasteiger partial charge in [-0.3, -0.25) is 58.0 Å². The van der Waals surface area contributed by atoms with Crippen molar-refractivity contribution < 1.29 is 38.4 Å². The molecule has 14 rings (SSSR count). The molecule has 0 aliphatic carbocycles. The van der Waals surface area contributed by atoms with E-state index in [4.69, 9.17) is 13.1 Å². The summed E-state index contributed by atoms with van der Waals surface area (Å²) in [6.07, 6.45) is 5.98. The molecule has 0 spiro atoms. The lowest BCUT2D eigenvalue weighted by Gasteiger charge is -2.34. The van der Waals surface area contributed by atoms with Gasteiger partial charge in [-0.25, -0.2) is 9.69 Å². The maximum Gasteiger partial charge on any atom is 0.261 e. The van der Waals surface area contributed by atoms with E-state index >= 15 is 0 Å². The summed E-state index contributed by atoms with van der Waals surface area (Å²) in [7, 11) is 0. The number of benzene rings is 10. The van der Waals surface area contributed by atoms with E-state index in [0.717, 1.165) is 52.8 Å². The molecule has 0 N–H and O–H groups in total. The van der Waals surface area contributed by atoms with Gasteiger partial charge in [0.25, 0.3) is 47.3 Å². The van der Waals surface area contributed by atoms with Gasteiger partial charge in [-0.15, -0.1) is 0 Å². The van der Waals surface area contributed by atoms with Crippen LogP contribution in [0, 0.1) is 31.4 Å². The number of hydrogen-bond acceptors (Lipinski definition) is 9. The molecule has 438 valence electrons. The van der Waals surface area contributed by atoms with E-state index in [2.05, 4.69) is 15.8 Å². The molecule has 0 fully saturated rings. The van der Waals surface area contributed by atoms with Crippen LogP contribution in [-0.2, 0) is 0 Å². The number of fused-ring (bicyclic) bond motifs is 4. The fourth-order valence-corrected chi connectivity index (χ4v) is 15.2. The summed E-state index contributed by atoms with van der Waals surface area (Å²) in [6, 6.07) is 22.0. The molecule has 0 aromatic heterocycles. The monoisotopic (exact) mass is 1170 g/mol. The zero-order valence-electron chi connectivity index (χ0n) is 49.8. The number of imide groups is 4. The first-order valence-electron chi connectivity index (χ1n) is 30.0. The maximum atomic E-state index is 13.9. The molecule has 4 atom stereocenters. The van der Waals surface area contributed by atoms with Crippen molar-refractivity contribution in [3.8, 4) is 6.07 Å². The Bertz CT molecular complexity index is 4880. The van der Waals surface area contributed by atoms with Gasteiger partial charge < -0.3 is 0 Å². The second-order valence-corrected chi connectivity index (χ2v) is 24.0. The van der Waals surface area contributed by atoms with Crippen molar-refractivity contribution in [2.75, 3.05) is 0 Å².